The SMILES string of the molecule is CC1(C)OC[C@H]2O[C@H]3CC[C@H]4OCC=C[C@@H]4O[C@@H]3CC[C@@H]2O1. The van der Waals surface area contributed by atoms with Crippen LogP contribution in [0.5, 0.6) is 0 Å². The second-order valence-electron chi connectivity index (χ2n) is 7.17. The molecule has 124 valence electrons. The maximum Gasteiger partial charge on any atom is 0.163 e. The van der Waals surface area contributed by atoms with E-state index in [1.54, 1.807) is 0 Å². The Hall–Kier alpha value is -0.460. The van der Waals surface area contributed by atoms with E-state index in [1.165, 1.54) is 0 Å². The van der Waals surface area contributed by atoms with Gasteiger partial charge in [-0.15, -0.1) is 0 Å². The van der Waals surface area contributed by atoms with Crippen LogP contribution in [0.1, 0.15) is 39.5 Å². The van der Waals surface area contributed by atoms with E-state index in [0.717, 1.165) is 25.7 Å². The molecule has 5 nitrogen and oxygen atoms in total. The van der Waals surface area contributed by atoms with Crippen molar-refractivity contribution in [3.63, 3.8) is 0 Å². The predicted octanol–water partition coefficient (Wildman–Crippen LogP) is 2.19. The lowest BCUT2D eigenvalue weighted by atomic mass is 10.0. The van der Waals surface area contributed by atoms with E-state index in [0.29, 0.717) is 13.2 Å². The van der Waals surface area contributed by atoms with Crippen molar-refractivity contribution in [1.82, 2.24) is 0 Å². The fraction of sp³-hybridized carbons (Fsp3) is 0.882. The van der Waals surface area contributed by atoms with Gasteiger partial charge in [-0.05, 0) is 39.5 Å². The zero-order valence-electron chi connectivity index (χ0n) is 13.4. The first-order valence-electron chi connectivity index (χ1n) is 8.52. The number of hydrogen-bond acceptors (Lipinski definition) is 5. The molecule has 4 heterocycles. The van der Waals surface area contributed by atoms with E-state index in [2.05, 4.69) is 12.2 Å². The monoisotopic (exact) mass is 310 g/mol. The van der Waals surface area contributed by atoms with Crippen LogP contribution in [0, 0.1) is 0 Å². The van der Waals surface area contributed by atoms with E-state index in [9.17, 15) is 0 Å². The maximum absolute atomic E-state index is 6.34. The van der Waals surface area contributed by atoms with Crippen molar-refractivity contribution in [3.05, 3.63) is 12.2 Å². The van der Waals surface area contributed by atoms with E-state index in [-0.39, 0.29) is 36.6 Å². The molecule has 4 aliphatic rings. The topological polar surface area (TPSA) is 46.2 Å². The van der Waals surface area contributed by atoms with Crippen molar-refractivity contribution in [2.75, 3.05) is 13.2 Å². The lowest BCUT2D eigenvalue weighted by Gasteiger charge is -2.40. The molecule has 0 amide bonds. The molecule has 3 saturated heterocycles. The van der Waals surface area contributed by atoms with Gasteiger partial charge in [0.1, 0.15) is 12.2 Å². The van der Waals surface area contributed by atoms with Crippen molar-refractivity contribution in [2.24, 2.45) is 0 Å². The molecule has 0 N–H and O–H groups in total. The van der Waals surface area contributed by atoms with Crippen LogP contribution in [0.25, 0.3) is 0 Å². The van der Waals surface area contributed by atoms with Crippen molar-refractivity contribution >= 4 is 0 Å². The molecular weight excluding hydrogens is 284 g/mol. The van der Waals surface area contributed by atoms with Crippen LogP contribution in [0.15, 0.2) is 12.2 Å². The first-order valence-corrected chi connectivity index (χ1v) is 8.52. The number of rotatable bonds is 0. The van der Waals surface area contributed by atoms with Gasteiger partial charge in [0.05, 0.1) is 37.6 Å². The molecule has 4 aliphatic heterocycles. The highest BCUT2D eigenvalue weighted by atomic mass is 16.7. The molecule has 6 atom stereocenters. The van der Waals surface area contributed by atoms with Crippen molar-refractivity contribution < 1.29 is 23.7 Å². The van der Waals surface area contributed by atoms with Gasteiger partial charge in [-0.1, -0.05) is 12.2 Å². The summed E-state index contributed by atoms with van der Waals surface area (Å²) in [5.74, 6) is -0.511. The summed E-state index contributed by atoms with van der Waals surface area (Å²) in [7, 11) is 0. The van der Waals surface area contributed by atoms with Gasteiger partial charge in [-0.3, -0.25) is 0 Å². The summed E-state index contributed by atoms with van der Waals surface area (Å²) in [6.07, 6.45) is 8.71. The van der Waals surface area contributed by atoms with Gasteiger partial charge in [0.25, 0.3) is 0 Å². The smallest absolute Gasteiger partial charge is 0.163 e. The zero-order valence-corrected chi connectivity index (χ0v) is 13.4. The van der Waals surface area contributed by atoms with Crippen LogP contribution in [0.2, 0.25) is 0 Å². The van der Waals surface area contributed by atoms with E-state index < -0.39 is 5.79 Å². The lowest BCUT2D eigenvalue weighted by Crippen LogP contribution is -2.49. The summed E-state index contributed by atoms with van der Waals surface area (Å²) in [5, 5.41) is 0. The summed E-state index contributed by atoms with van der Waals surface area (Å²) >= 11 is 0. The highest BCUT2D eigenvalue weighted by molar-refractivity contribution is 5.01. The summed E-state index contributed by atoms with van der Waals surface area (Å²) in [5.41, 5.74) is 0. The average Bonchev–Trinajstić information content (AvgIpc) is 2.76. The van der Waals surface area contributed by atoms with Gasteiger partial charge < -0.3 is 23.7 Å². The third-order valence-electron chi connectivity index (χ3n) is 5.11. The Kier molecular flexibility index (Phi) is 4.03. The molecule has 0 bridgehead atoms. The van der Waals surface area contributed by atoms with Crippen molar-refractivity contribution in [1.29, 1.82) is 0 Å². The van der Waals surface area contributed by atoms with E-state index in [1.807, 2.05) is 13.8 Å². The quantitative estimate of drug-likeness (QED) is 0.642. The molecule has 0 spiro atoms. The Morgan fingerprint density at radius 3 is 2.45 bits per heavy atom. The van der Waals surface area contributed by atoms with E-state index in [4.69, 9.17) is 23.7 Å². The molecule has 0 aromatic carbocycles. The van der Waals surface area contributed by atoms with Crippen molar-refractivity contribution in [2.45, 2.75) is 81.9 Å². The van der Waals surface area contributed by atoms with Crippen LogP contribution in [-0.2, 0) is 23.7 Å². The Balaban J connectivity index is 1.48. The normalized spacial score (nSPS) is 47.5. The molecule has 4 rings (SSSR count). The maximum atomic E-state index is 6.34. The predicted molar refractivity (Wildman–Crippen MR) is 79.6 cm³/mol. The van der Waals surface area contributed by atoms with Gasteiger partial charge in [0.15, 0.2) is 5.79 Å². The van der Waals surface area contributed by atoms with Crippen LogP contribution in [-0.4, -0.2) is 55.6 Å². The third-order valence-corrected chi connectivity index (χ3v) is 5.11. The number of hydrogen-bond donors (Lipinski definition) is 0. The van der Waals surface area contributed by atoms with E-state index >= 15 is 0 Å². The minimum absolute atomic E-state index is 0.0169. The van der Waals surface area contributed by atoms with Crippen LogP contribution >= 0.6 is 0 Å². The first-order chi connectivity index (χ1) is 10.6. The summed E-state index contributed by atoms with van der Waals surface area (Å²) in [6.45, 7) is 5.24. The Bertz CT molecular complexity index is 435. The average molecular weight is 310 g/mol. The molecule has 0 aliphatic carbocycles. The molecule has 0 unspecified atom stereocenters. The lowest BCUT2D eigenvalue weighted by molar-refractivity contribution is -0.313. The van der Waals surface area contributed by atoms with Gasteiger partial charge in [0, 0.05) is 0 Å². The molecule has 0 aromatic heterocycles. The molecular formula is C17H26O5. The minimum atomic E-state index is -0.511. The second-order valence-corrected chi connectivity index (χ2v) is 7.17. The summed E-state index contributed by atoms with van der Waals surface area (Å²) < 4.78 is 30.3. The summed E-state index contributed by atoms with van der Waals surface area (Å²) in [6, 6.07) is 0. The molecule has 0 radical (unpaired) electrons. The molecule has 3 fully saturated rings. The largest absolute Gasteiger partial charge is 0.371 e. The standard InChI is InChI=1S/C17H26O5/c1-17(2)19-10-16-15(22-17)8-7-13-14(21-16)6-5-11-12(20-13)4-3-9-18-11/h3-4,11-16H,5-10H2,1-2H3/t11-,12+,13-,14+,15+,16-/m1/s1. The van der Waals surface area contributed by atoms with Gasteiger partial charge in [-0.25, -0.2) is 0 Å². The Morgan fingerprint density at radius 2 is 1.59 bits per heavy atom. The fourth-order valence-electron chi connectivity index (χ4n) is 3.97. The Labute approximate surface area is 131 Å². The minimum Gasteiger partial charge on any atom is -0.371 e. The van der Waals surface area contributed by atoms with Crippen LogP contribution in [0.4, 0.5) is 0 Å². The first kappa shape index (κ1) is 15.1. The van der Waals surface area contributed by atoms with Crippen molar-refractivity contribution in [3.8, 4) is 0 Å². The molecule has 0 saturated carbocycles. The second kappa shape index (κ2) is 5.87. The molecule has 22 heavy (non-hydrogen) atoms. The molecule has 5 heteroatoms. The highest BCUT2D eigenvalue weighted by Crippen LogP contribution is 2.36. The van der Waals surface area contributed by atoms with Gasteiger partial charge in [-0.2, -0.15) is 0 Å². The Morgan fingerprint density at radius 1 is 0.864 bits per heavy atom. The zero-order chi connectivity index (χ0) is 15.2. The fourth-order valence-corrected chi connectivity index (χ4v) is 3.97. The summed E-state index contributed by atoms with van der Waals surface area (Å²) in [4.78, 5) is 0. The van der Waals surface area contributed by atoms with Gasteiger partial charge >= 0.3 is 0 Å². The number of fused-ring (bicyclic) bond motifs is 3. The number of ether oxygens (including phenoxy) is 5. The molecule has 0 aromatic rings. The van der Waals surface area contributed by atoms with Crippen LogP contribution < -0.4 is 0 Å². The third kappa shape index (κ3) is 2.97. The van der Waals surface area contributed by atoms with Gasteiger partial charge in [0.2, 0.25) is 0 Å². The highest BCUT2D eigenvalue weighted by Gasteiger charge is 2.44. The van der Waals surface area contributed by atoms with Crippen LogP contribution in [0.3, 0.4) is 0 Å².